The molecule has 110 valence electrons. The molecule has 0 unspecified atom stereocenters. The highest BCUT2D eigenvalue weighted by Crippen LogP contribution is 2.26. The summed E-state index contributed by atoms with van der Waals surface area (Å²) in [6, 6.07) is 10.5. The van der Waals surface area contributed by atoms with Gasteiger partial charge in [-0.25, -0.2) is 8.78 Å². The Morgan fingerprint density at radius 1 is 1.19 bits per heavy atom. The number of hydrogen-bond acceptors (Lipinski definition) is 2. The van der Waals surface area contributed by atoms with Gasteiger partial charge in [0.1, 0.15) is 4.99 Å². The first-order valence-electron chi connectivity index (χ1n) is 6.14. The molecule has 0 aliphatic rings. The number of nitrogens with zero attached hydrogens (tertiary/aromatic N) is 1. The molecule has 2 rings (SSSR count). The van der Waals surface area contributed by atoms with Crippen molar-refractivity contribution >= 4 is 38.8 Å². The summed E-state index contributed by atoms with van der Waals surface area (Å²) in [5, 5.41) is 0. The fraction of sp³-hybridized carbons (Fsp3) is 0.133. The number of hydrogen-bond donors (Lipinski definition) is 1. The average Bonchev–Trinajstić information content (AvgIpc) is 2.43. The van der Waals surface area contributed by atoms with Crippen LogP contribution in [0, 0.1) is 11.6 Å². The van der Waals surface area contributed by atoms with Gasteiger partial charge in [-0.15, -0.1) is 0 Å². The Labute approximate surface area is 135 Å². The van der Waals surface area contributed by atoms with E-state index < -0.39 is 11.6 Å². The highest BCUT2D eigenvalue weighted by Gasteiger charge is 2.17. The molecule has 2 nitrogen and oxygen atoms in total. The van der Waals surface area contributed by atoms with Crippen LogP contribution in [0.5, 0.6) is 0 Å². The average molecular weight is 371 g/mol. The summed E-state index contributed by atoms with van der Waals surface area (Å²) in [5.74, 6) is -1.96. The summed E-state index contributed by atoms with van der Waals surface area (Å²) in [4.78, 5) is 1.47. The van der Waals surface area contributed by atoms with Crippen molar-refractivity contribution < 1.29 is 8.78 Å². The van der Waals surface area contributed by atoms with Gasteiger partial charge in [0.2, 0.25) is 0 Å². The van der Waals surface area contributed by atoms with Crippen molar-refractivity contribution in [2.75, 3.05) is 11.9 Å². The van der Waals surface area contributed by atoms with Crippen molar-refractivity contribution in [1.29, 1.82) is 0 Å². The van der Waals surface area contributed by atoms with Gasteiger partial charge >= 0.3 is 0 Å². The van der Waals surface area contributed by atoms with Crippen LogP contribution in [-0.4, -0.2) is 12.0 Å². The zero-order chi connectivity index (χ0) is 15.6. The number of benzene rings is 2. The summed E-state index contributed by atoms with van der Waals surface area (Å²) >= 11 is 8.12. The van der Waals surface area contributed by atoms with E-state index in [0.29, 0.717) is 6.54 Å². The van der Waals surface area contributed by atoms with Gasteiger partial charge in [-0.2, -0.15) is 0 Å². The van der Waals surface area contributed by atoms with E-state index in [0.717, 1.165) is 10.0 Å². The van der Waals surface area contributed by atoms with E-state index in [-0.39, 0.29) is 16.2 Å². The summed E-state index contributed by atoms with van der Waals surface area (Å²) in [6.45, 7) is 0.435. The van der Waals surface area contributed by atoms with E-state index in [2.05, 4.69) is 15.9 Å². The van der Waals surface area contributed by atoms with Gasteiger partial charge in [0.05, 0.1) is 5.69 Å². The molecule has 6 heteroatoms. The minimum Gasteiger partial charge on any atom is -0.389 e. The zero-order valence-electron chi connectivity index (χ0n) is 11.2. The minimum atomic E-state index is -1.01. The van der Waals surface area contributed by atoms with Gasteiger partial charge in [0.25, 0.3) is 0 Å². The molecule has 0 saturated carbocycles. The Morgan fingerprint density at radius 3 is 2.48 bits per heavy atom. The van der Waals surface area contributed by atoms with Crippen LogP contribution in [0.2, 0.25) is 0 Å². The van der Waals surface area contributed by atoms with Gasteiger partial charge in [-0.3, -0.25) is 0 Å². The maximum Gasteiger partial charge on any atom is 0.182 e. The summed E-state index contributed by atoms with van der Waals surface area (Å²) in [5.41, 5.74) is 6.40. The molecule has 0 aromatic heterocycles. The second kappa shape index (κ2) is 6.49. The second-order valence-electron chi connectivity index (χ2n) is 4.57. The maximum absolute atomic E-state index is 14.1. The van der Waals surface area contributed by atoms with Crippen LogP contribution >= 0.6 is 28.1 Å². The molecule has 0 saturated heterocycles. The summed E-state index contributed by atoms with van der Waals surface area (Å²) < 4.78 is 29.0. The van der Waals surface area contributed by atoms with E-state index in [1.165, 1.54) is 12.1 Å². The fourth-order valence-corrected chi connectivity index (χ4v) is 2.56. The molecule has 0 fully saturated rings. The Morgan fingerprint density at radius 2 is 1.86 bits per heavy atom. The SMILES string of the molecule is CN(Cc1ccccc1Br)c1ccc(C(N)=S)c(F)c1F. The monoisotopic (exact) mass is 370 g/mol. The lowest BCUT2D eigenvalue weighted by atomic mass is 10.1. The molecule has 2 aromatic rings. The van der Waals surface area contributed by atoms with Crippen LogP contribution in [0.15, 0.2) is 40.9 Å². The molecule has 0 radical (unpaired) electrons. The molecular formula is C15H13BrF2N2S. The first kappa shape index (κ1) is 15.9. The van der Waals surface area contributed by atoms with Gasteiger partial charge in [0.15, 0.2) is 11.6 Å². The summed E-state index contributed by atoms with van der Waals surface area (Å²) in [6.07, 6.45) is 0. The standard InChI is InChI=1S/C15H13BrF2N2S/c1-20(8-9-4-2-3-5-11(9)16)12-7-6-10(15(19)21)13(17)14(12)18/h2-7H,8H2,1H3,(H2,19,21). The smallest absolute Gasteiger partial charge is 0.182 e. The lowest BCUT2D eigenvalue weighted by molar-refractivity contribution is 0.506. The van der Waals surface area contributed by atoms with Gasteiger partial charge in [-0.1, -0.05) is 46.3 Å². The molecule has 0 spiro atoms. The second-order valence-corrected chi connectivity index (χ2v) is 5.87. The third-order valence-electron chi connectivity index (χ3n) is 3.10. The quantitative estimate of drug-likeness (QED) is 0.824. The Balaban J connectivity index is 2.32. The van der Waals surface area contributed by atoms with Crippen LogP contribution in [0.1, 0.15) is 11.1 Å². The van der Waals surface area contributed by atoms with Gasteiger partial charge in [-0.05, 0) is 23.8 Å². The van der Waals surface area contributed by atoms with Crippen LogP contribution in [0.3, 0.4) is 0 Å². The molecule has 21 heavy (non-hydrogen) atoms. The van der Waals surface area contributed by atoms with Crippen molar-refractivity contribution in [3.8, 4) is 0 Å². The van der Waals surface area contributed by atoms with Gasteiger partial charge < -0.3 is 10.6 Å². The predicted octanol–water partition coefficient (Wildman–Crippen LogP) is 4.00. The Kier molecular flexibility index (Phi) is 4.90. The normalized spacial score (nSPS) is 10.5. The predicted molar refractivity (Wildman–Crippen MR) is 88.5 cm³/mol. The number of nitrogens with two attached hydrogens (primary N) is 1. The van der Waals surface area contributed by atoms with Crippen LogP contribution < -0.4 is 10.6 Å². The largest absolute Gasteiger partial charge is 0.389 e. The fourth-order valence-electron chi connectivity index (χ4n) is 1.99. The highest BCUT2D eigenvalue weighted by molar-refractivity contribution is 9.10. The molecule has 0 aliphatic carbocycles. The topological polar surface area (TPSA) is 29.3 Å². The highest BCUT2D eigenvalue weighted by atomic mass is 79.9. The molecule has 0 bridgehead atoms. The van der Waals surface area contributed by atoms with Crippen LogP contribution in [0.25, 0.3) is 0 Å². The van der Waals surface area contributed by atoms with E-state index in [1.807, 2.05) is 24.3 Å². The molecule has 0 heterocycles. The molecule has 0 amide bonds. The first-order chi connectivity index (χ1) is 9.91. The minimum absolute atomic E-state index is 0.0828. The van der Waals surface area contributed by atoms with E-state index in [4.69, 9.17) is 18.0 Å². The first-order valence-corrected chi connectivity index (χ1v) is 7.34. The Hall–Kier alpha value is -1.53. The lowest BCUT2D eigenvalue weighted by Crippen LogP contribution is -2.20. The van der Waals surface area contributed by atoms with Crippen molar-refractivity contribution in [2.45, 2.75) is 6.54 Å². The van der Waals surface area contributed by atoms with Crippen molar-refractivity contribution in [2.24, 2.45) is 5.73 Å². The number of thiocarbonyl (C=S) groups is 1. The molecule has 2 N–H and O–H groups in total. The van der Waals surface area contributed by atoms with E-state index >= 15 is 0 Å². The Bertz CT molecular complexity index is 691. The molecular weight excluding hydrogens is 358 g/mol. The number of halogens is 3. The van der Waals surface area contributed by atoms with Gasteiger partial charge in [0, 0.05) is 23.6 Å². The van der Waals surface area contributed by atoms with Crippen LogP contribution in [-0.2, 0) is 6.54 Å². The van der Waals surface area contributed by atoms with E-state index in [9.17, 15) is 8.78 Å². The number of rotatable bonds is 4. The van der Waals surface area contributed by atoms with Crippen LogP contribution in [0.4, 0.5) is 14.5 Å². The lowest BCUT2D eigenvalue weighted by Gasteiger charge is -2.21. The third-order valence-corrected chi connectivity index (χ3v) is 4.10. The van der Waals surface area contributed by atoms with Crippen molar-refractivity contribution in [3.05, 3.63) is 63.6 Å². The van der Waals surface area contributed by atoms with Crippen molar-refractivity contribution in [3.63, 3.8) is 0 Å². The van der Waals surface area contributed by atoms with Crippen molar-refractivity contribution in [1.82, 2.24) is 0 Å². The number of anilines is 1. The molecule has 2 aromatic carbocycles. The van der Waals surface area contributed by atoms with E-state index in [1.54, 1.807) is 11.9 Å². The molecule has 0 atom stereocenters. The zero-order valence-corrected chi connectivity index (χ0v) is 13.6. The summed E-state index contributed by atoms with van der Waals surface area (Å²) in [7, 11) is 1.69. The third kappa shape index (κ3) is 3.39. The molecule has 0 aliphatic heterocycles. The maximum atomic E-state index is 14.1.